The Hall–Kier alpha value is -1.96. The summed E-state index contributed by atoms with van der Waals surface area (Å²) in [6, 6.07) is 6.95. The molecule has 2 aliphatic rings. The molecule has 0 bridgehead atoms. The van der Waals surface area contributed by atoms with Crippen LogP contribution in [-0.2, 0) is 6.54 Å². The zero-order valence-electron chi connectivity index (χ0n) is 15.8. The predicted molar refractivity (Wildman–Crippen MR) is 110 cm³/mol. The Labute approximate surface area is 163 Å². The average molecular weight is 383 g/mol. The number of likely N-dealkylation sites (tertiary alicyclic amines) is 1. The van der Waals surface area contributed by atoms with Crippen LogP contribution in [0.1, 0.15) is 29.7 Å². The van der Waals surface area contributed by atoms with Crippen LogP contribution in [0.3, 0.4) is 0 Å². The summed E-state index contributed by atoms with van der Waals surface area (Å²) >= 11 is 1.77. The zero-order chi connectivity index (χ0) is 18.2. The van der Waals surface area contributed by atoms with Gasteiger partial charge in [0, 0.05) is 37.8 Å². The fourth-order valence-electron chi connectivity index (χ4n) is 4.33. The summed E-state index contributed by atoms with van der Waals surface area (Å²) in [4.78, 5) is 20.5. The highest BCUT2D eigenvalue weighted by molar-refractivity contribution is 7.09. The lowest BCUT2D eigenvalue weighted by molar-refractivity contribution is 0.243. The number of para-hydroxylation sites is 1. The molecular weight excluding hydrogens is 356 g/mol. The molecule has 7 heteroatoms. The van der Waals surface area contributed by atoms with Gasteiger partial charge in [0.05, 0.1) is 23.8 Å². The van der Waals surface area contributed by atoms with Crippen LogP contribution in [0.25, 0.3) is 11.0 Å². The largest absolute Gasteiger partial charge is 0.367 e. The van der Waals surface area contributed by atoms with Crippen LogP contribution in [0.2, 0.25) is 0 Å². The minimum Gasteiger partial charge on any atom is -0.367 e. The summed E-state index contributed by atoms with van der Waals surface area (Å²) in [5.41, 5.74) is 3.52. The van der Waals surface area contributed by atoms with Gasteiger partial charge >= 0.3 is 0 Å². The molecule has 4 heterocycles. The molecule has 0 aliphatic carbocycles. The van der Waals surface area contributed by atoms with Gasteiger partial charge < -0.3 is 14.8 Å². The number of aromatic amines is 1. The van der Waals surface area contributed by atoms with Crippen molar-refractivity contribution in [3.8, 4) is 0 Å². The second-order valence-corrected chi connectivity index (χ2v) is 8.57. The van der Waals surface area contributed by atoms with Crippen molar-refractivity contribution < 1.29 is 0 Å². The SMILES string of the molecule is CN1CCN(c2cccc3[nH]c(CN4CCCC4c4nccs4)nc23)CC1. The lowest BCUT2D eigenvalue weighted by atomic mass is 10.2. The van der Waals surface area contributed by atoms with Gasteiger partial charge in [-0.2, -0.15) is 0 Å². The molecule has 1 atom stereocenters. The average Bonchev–Trinajstić information content (AvgIpc) is 3.42. The Balaban J connectivity index is 1.39. The van der Waals surface area contributed by atoms with E-state index in [1.54, 1.807) is 11.3 Å². The molecule has 142 valence electrons. The first-order chi connectivity index (χ1) is 13.3. The zero-order valence-corrected chi connectivity index (χ0v) is 16.6. The Bertz CT molecular complexity index is 896. The Morgan fingerprint density at radius 3 is 2.89 bits per heavy atom. The lowest BCUT2D eigenvalue weighted by Crippen LogP contribution is -2.44. The number of thiazole rings is 1. The van der Waals surface area contributed by atoms with E-state index in [2.05, 4.69) is 55.3 Å². The van der Waals surface area contributed by atoms with E-state index in [0.717, 1.165) is 56.1 Å². The number of imidazole rings is 1. The number of nitrogens with one attached hydrogen (secondary N) is 1. The van der Waals surface area contributed by atoms with E-state index in [0.29, 0.717) is 6.04 Å². The van der Waals surface area contributed by atoms with E-state index in [-0.39, 0.29) is 0 Å². The van der Waals surface area contributed by atoms with E-state index < -0.39 is 0 Å². The Morgan fingerprint density at radius 2 is 2.07 bits per heavy atom. The number of anilines is 1. The number of fused-ring (bicyclic) bond motifs is 1. The van der Waals surface area contributed by atoms with Crippen LogP contribution in [0.15, 0.2) is 29.8 Å². The molecule has 1 unspecified atom stereocenters. The molecule has 6 nitrogen and oxygen atoms in total. The Kier molecular flexibility index (Phi) is 4.59. The third-order valence-corrected chi connectivity index (χ3v) is 6.71. The monoisotopic (exact) mass is 382 g/mol. The number of nitrogens with zero attached hydrogens (tertiary/aromatic N) is 5. The highest BCUT2D eigenvalue weighted by atomic mass is 32.1. The summed E-state index contributed by atoms with van der Waals surface area (Å²) in [5, 5.41) is 3.32. The van der Waals surface area contributed by atoms with Crippen molar-refractivity contribution in [2.24, 2.45) is 0 Å². The lowest BCUT2D eigenvalue weighted by Gasteiger charge is -2.34. The summed E-state index contributed by atoms with van der Waals surface area (Å²) in [5.74, 6) is 1.06. The Morgan fingerprint density at radius 1 is 1.19 bits per heavy atom. The van der Waals surface area contributed by atoms with Gasteiger partial charge in [-0.15, -0.1) is 11.3 Å². The first-order valence-electron chi connectivity index (χ1n) is 9.82. The highest BCUT2D eigenvalue weighted by Crippen LogP contribution is 2.34. The smallest absolute Gasteiger partial charge is 0.121 e. The maximum atomic E-state index is 5.02. The number of H-pyrrole nitrogens is 1. The van der Waals surface area contributed by atoms with E-state index >= 15 is 0 Å². The summed E-state index contributed by atoms with van der Waals surface area (Å²) in [7, 11) is 2.19. The van der Waals surface area contributed by atoms with Gasteiger partial charge in [-0.05, 0) is 38.6 Å². The van der Waals surface area contributed by atoms with E-state index in [1.807, 2.05) is 6.20 Å². The summed E-state index contributed by atoms with van der Waals surface area (Å²) < 4.78 is 0. The first-order valence-corrected chi connectivity index (χ1v) is 10.7. The normalized spacial score (nSPS) is 22.1. The predicted octanol–water partition coefficient (Wildman–Crippen LogP) is 3.11. The van der Waals surface area contributed by atoms with Crippen molar-refractivity contribution in [1.82, 2.24) is 24.8 Å². The van der Waals surface area contributed by atoms with Crippen molar-refractivity contribution in [2.45, 2.75) is 25.4 Å². The van der Waals surface area contributed by atoms with Crippen molar-refractivity contribution >= 4 is 28.1 Å². The van der Waals surface area contributed by atoms with Gasteiger partial charge in [-0.3, -0.25) is 4.90 Å². The van der Waals surface area contributed by atoms with Gasteiger partial charge in [0.25, 0.3) is 0 Å². The molecule has 5 rings (SSSR count). The van der Waals surface area contributed by atoms with Gasteiger partial charge in [-0.1, -0.05) is 6.07 Å². The van der Waals surface area contributed by atoms with Crippen molar-refractivity contribution in [3.05, 3.63) is 40.6 Å². The van der Waals surface area contributed by atoms with Gasteiger partial charge in [0.15, 0.2) is 0 Å². The highest BCUT2D eigenvalue weighted by Gasteiger charge is 2.28. The van der Waals surface area contributed by atoms with Gasteiger partial charge in [0.1, 0.15) is 16.3 Å². The number of hydrogen-bond donors (Lipinski definition) is 1. The van der Waals surface area contributed by atoms with E-state index in [4.69, 9.17) is 4.98 Å². The number of piperazine rings is 1. The number of hydrogen-bond acceptors (Lipinski definition) is 6. The van der Waals surface area contributed by atoms with Crippen LogP contribution < -0.4 is 4.90 Å². The van der Waals surface area contributed by atoms with Crippen LogP contribution in [-0.4, -0.2) is 64.5 Å². The van der Waals surface area contributed by atoms with Gasteiger partial charge in [0.2, 0.25) is 0 Å². The number of benzene rings is 1. The van der Waals surface area contributed by atoms with Crippen LogP contribution in [0, 0.1) is 0 Å². The summed E-state index contributed by atoms with van der Waals surface area (Å²) in [6.07, 6.45) is 4.34. The maximum absolute atomic E-state index is 5.02. The second-order valence-electron chi connectivity index (χ2n) is 7.65. The molecule has 3 aromatic rings. The molecule has 0 radical (unpaired) electrons. The molecule has 0 amide bonds. The van der Waals surface area contributed by atoms with E-state index in [1.165, 1.54) is 23.5 Å². The quantitative estimate of drug-likeness (QED) is 0.751. The van der Waals surface area contributed by atoms with Crippen LogP contribution >= 0.6 is 11.3 Å². The molecule has 0 saturated carbocycles. The fraction of sp³-hybridized carbons (Fsp3) is 0.500. The first kappa shape index (κ1) is 17.2. The molecular formula is C20H26N6S. The van der Waals surface area contributed by atoms with E-state index in [9.17, 15) is 0 Å². The number of aromatic nitrogens is 3. The molecule has 2 saturated heterocycles. The minimum atomic E-state index is 0.440. The topological polar surface area (TPSA) is 51.3 Å². The fourth-order valence-corrected chi connectivity index (χ4v) is 5.14. The number of rotatable bonds is 4. The second kappa shape index (κ2) is 7.22. The molecule has 1 N–H and O–H groups in total. The minimum absolute atomic E-state index is 0.440. The standard InChI is InChI=1S/C20H26N6S/c1-24-9-11-25(12-10-24)16-5-2-4-15-19(16)23-18(22-15)14-26-8-3-6-17(26)20-21-7-13-27-20/h2,4-5,7,13,17H,3,6,8-12,14H2,1H3,(H,22,23). The molecule has 27 heavy (non-hydrogen) atoms. The van der Waals surface area contributed by atoms with Crippen LogP contribution in [0.5, 0.6) is 0 Å². The van der Waals surface area contributed by atoms with Crippen molar-refractivity contribution in [3.63, 3.8) is 0 Å². The molecule has 2 aliphatic heterocycles. The van der Waals surface area contributed by atoms with Gasteiger partial charge in [-0.25, -0.2) is 9.97 Å². The molecule has 2 fully saturated rings. The molecule has 1 aromatic carbocycles. The van der Waals surface area contributed by atoms with Crippen LogP contribution in [0.4, 0.5) is 5.69 Å². The molecule has 2 aromatic heterocycles. The van der Waals surface area contributed by atoms with Crippen molar-refractivity contribution in [1.29, 1.82) is 0 Å². The van der Waals surface area contributed by atoms with Crippen molar-refractivity contribution in [2.75, 3.05) is 44.7 Å². The third kappa shape index (κ3) is 3.35. The maximum Gasteiger partial charge on any atom is 0.121 e. The number of likely N-dealkylation sites (N-methyl/N-ethyl adjacent to an activating group) is 1. The molecule has 0 spiro atoms. The summed E-state index contributed by atoms with van der Waals surface area (Å²) in [6.45, 7) is 6.33. The third-order valence-electron chi connectivity index (χ3n) is 5.84.